The van der Waals surface area contributed by atoms with Crippen LogP contribution >= 0.6 is 0 Å². The number of carboxylic acids is 1. The van der Waals surface area contributed by atoms with Crippen molar-refractivity contribution in [3.8, 4) is 0 Å². The highest BCUT2D eigenvalue weighted by molar-refractivity contribution is 5.91. The van der Waals surface area contributed by atoms with Crippen LogP contribution in [-0.4, -0.2) is 40.1 Å². The number of aliphatic carboxylic acids is 1. The first-order chi connectivity index (χ1) is 6.06. The van der Waals surface area contributed by atoms with E-state index in [1.807, 2.05) is 0 Å². The third-order valence-electron chi connectivity index (χ3n) is 2.91. The minimum absolute atomic E-state index is 0.0475. The molecule has 0 unspecified atom stereocenters. The molecule has 0 saturated carbocycles. The van der Waals surface area contributed by atoms with Crippen molar-refractivity contribution in [2.24, 2.45) is 0 Å². The number of hydrogen-bond acceptors (Lipinski definition) is 2. The molecule has 2 saturated heterocycles. The number of carbonyl (C=O) groups excluding carboxylic acids is 1. The van der Waals surface area contributed by atoms with Crippen LogP contribution in [0.5, 0.6) is 0 Å². The Morgan fingerprint density at radius 3 is 2.92 bits per heavy atom. The molecule has 0 aromatic carbocycles. The number of rotatable bonds is 1. The fourth-order valence-electron chi connectivity index (χ4n) is 2.25. The summed E-state index contributed by atoms with van der Waals surface area (Å²) < 4.78 is 13.0. The SMILES string of the molecule is O=C1CC[C@]2(C(=O)O)C[C@H](F)CN12. The van der Waals surface area contributed by atoms with Crippen LogP contribution in [0.2, 0.25) is 0 Å². The zero-order chi connectivity index (χ0) is 9.64. The third-order valence-corrected chi connectivity index (χ3v) is 2.91. The van der Waals surface area contributed by atoms with Crippen molar-refractivity contribution in [2.45, 2.75) is 31.0 Å². The Morgan fingerprint density at radius 1 is 1.69 bits per heavy atom. The van der Waals surface area contributed by atoms with Gasteiger partial charge in [0.05, 0.1) is 6.54 Å². The molecule has 72 valence electrons. The topological polar surface area (TPSA) is 57.6 Å². The summed E-state index contributed by atoms with van der Waals surface area (Å²) in [6.07, 6.45) is -0.741. The summed E-state index contributed by atoms with van der Waals surface area (Å²) in [6.45, 7) is -0.0505. The smallest absolute Gasteiger partial charge is 0.329 e. The maximum absolute atomic E-state index is 13.0. The van der Waals surface area contributed by atoms with Crippen LogP contribution in [0, 0.1) is 0 Å². The van der Waals surface area contributed by atoms with Crippen molar-refractivity contribution in [3.05, 3.63) is 0 Å². The van der Waals surface area contributed by atoms with E-state index >= 15 is 0 Å². The van der Waals surface area contributed by atoms with Gasteiger partial charge in [0.1, 0.15) is 11.7 Å². The molecule has 2 atom stereocenters. The predicted molar refractivity (Wildman–Crippen MR) is 40.8 cm³/mol. The lowest BCUT2D eigenvalue weighted by molar-refractivity contribution is -0.151. The zero-order valence-electron chi connectivity index (χ0n) is 6.99. The quantitative estimate of drug-likeness (QED) is 0.636. The molecule has 1 N–H and O–H groups in total. The molecule has 0 spiro atoms. The van der Waals surface area contributed by atoms with Crippen molar-refractivity contribution in [2.75, 3.05) is 6.54 Å². The van der Waals surface area contributed by atoms with Gasteiger partial charge in [-0.3, -0.25) is 4.79 Å². The third kappa shape index (κ3) is 0.959. The molecular weight excluding hydrogens is 177 g/mol. The van der Waals surface area contributed by atoms with Gasteiger partial charge >= 0.3 is 5.97 Å². The molecule has 2 fully saturated rings. The Kier molecular flexibility index (Phi) is 1.58. The molecule has 2 aliphatic heterocycles. The second-order valence-corrected chi connectivity index (χ2v) is 3.64. The average Bonchev–Trinajstić information content (AvgIpc) is 2.51. The lowest BCUT2D eigenvalue weighted by Crippen LogP contribution is -2.47. The van der Waals surface area contributed by atoms with Gasteiger partial charge in [-0.15, -0.1) is 0 Å². The fraction of sp³-hybridized carbons (Fsp3) is 0.750. The van der Waals surface area contributed by atoms with E-state index in [1.165, 1.54) is 4.90 Å². The van der Waals surface area contributed by atoms with Crippen LogP contribution in [0.25, 0.3) is 0 Å². The van der Waals surface area contributed by atoms with E-state index in [0.29, 0.717) is 0 Å². The number of hydrogen-bond donors (Lipinski definition) is 1. The van der Waals surface area contributed by atoms with Crippen molar-refractivity contribution >= 4 is 11.9 Å². The summed E-state index contributed by atoms with van der Waals surface area (Å²) >= 11 is 0. The summed E-state index contributed by atoms with van der Waals surface area (Å²) in [5.74, 6) is -1.30. The second-order valence-electron chi connectivity index (χ2n) is 3.64. The van der Waals surface area contributed by atoms with Crippen molar-refractivity contribution in [1.29, 1.82) is 0 Å². The van der Waals surface area contributed by atoms with Gasteiger partial charge in [-0.2, -0.15) is 0 Å². The normalized spacial score (nSPS) is 38.1. The predicted octanol–water partition coefficient (Wildman–Crippen LogP) is 0.174. The molecular formula is C8H10FNO3. The van der Waals surface area contributed by atoms with E-state index in [1.54, 1.807) is 0 Å². The van der Waals surface area contributed by atoms with Gasteiger partial charge in [-0.1, -0.05) is 0 Å². The van der Waals surface area contributed by atoms with Crippen LogP contribution in [0.1, 0.15) is 19.3 Å². The van der Waals surface area contributed by atoms with Gasteiger partial charge in [0.2, 0.25) is 5.91 Å². The first-order valence-corrected chi connectivity index (χ1v) is 4.24. The van der Waals surface area contributed by atoms with Gasteiger partial charge in [0, 0.05) is 12.8 Å². The number of carbonyl (C=O) groups is 2. The van der Waals surface area contributed by atoms with E-state index < -0.39 is 17.7 Å². The molecule has 2 heterocycles. The molecule has 0 aromatic heterocycles. The van der Waals surface area contributed by atoms with Gasteiger partial charge in [-0.25, -0.2) is 9.18 Å². The summed E-state index contributed by atoms with van der Waals surface area (Å²) in [5, 5.41) is 8.95. The molecule has 0 bridgehead atoms. The van der Waals surface area contributed by atoms with Gasteiger partial charge in [0.25, 0.3) is 0 Å². The van der Waals surface area contributed by atoms with Crippen LogP contribution in [0.15, 0.2) is 0 Å². The standard InChI is InChI=1S/C8H10FNO3/c9-5-3-8(7(12)13)2-1-6(11)10(8)4-5/h5H,1-4H2,(H,12,13)/t5-,8+/m0/s1. The van der Waals surface area contributed by atoms with Crippen molar-refractivity contribution < 1.29 is 19.1 Å². The van der Waals surface area contributed by atoms with Gasteiger partial charge in [0.15, 0.2) is 0 Å². The van der Waals surface area contributed by atoms with Gasteiger partial charge < -0.3 is 10.0 Å². The lowest BCUT2D eigenvalue weighted by atomic mass is 9.94. The highest BCUT2D eigenvalue weighted by atomic mass is 19.1. The highest BCUT2D eigenvalue weighted by Crippen LogP contribution is 2.40. The number of nitrogens with zero attached hydrogens (tertiary/aromatic N) is 1. The summed E-state index contributed by atoms with van der Waals surface area (Å²) in [4.78, 5) is 23.3. The molecule has 0 aliphatic carbocycles. The Bertz CT molecular complexity index is 281. The molecule has 2 rings (SSSR count). The first kappa shape index (κ1) is 8.47. The van der Waals surface area contributed by atoms with Gasteiger partial charge in [-0.05, 0) is 6.42 Å². The van der Waals surface area contributed by atoms with E-state index in [-0.39, 0.29) is 31.7 Å². The first-order valence-electron chi connectivity index (χ1n) is 4.24. The van der Waals surface area contributed by atoms with E-state index in [4.69, 9.17) is 5.11 Å². The largest absolute Gasteiger partial charge is 0.479 e. The number of fused-ring (bicyclic) bond motifs is 1. The molecule has 0 aromatic rings. The van der Waals surface area contributed by atoms with Crippen molar-refractivity contribution in [1.82, 2.24) is 4.90 Å². The molecule has 0 radical (unpaired) electrons. The van der Waals surface area contributed by atoms with Crippen LogP contribution in [0.4, 0.5) is 4.39 Å². The van der Waals surface area contributed by atoms with E-state index in [9.17, 15) is 14.0 Å². The second kappa shape index (κ2) is 2.43. The summed E-state index contributed by atoms with van der Waals surface area (Å²) in [5.41, 5.74) is -1.23. The molecule has 5 heteroatoms. The van der Waals surface area contributed by atoms with Crippen LogP contribution in [0.3, 0.4) is 0 Å². The Labute approximate surface area is 74.3 Å². The number of halogens is 1. The maximum Gasteiger partial charge on any atom is 0.329 e. The number of amides is 1. The summed E-state index contributed by atoms with van der Waals surface area (Å²) in [7, 11) is 0. The number of alkyl halides is 1. The molecule has 13 heavy (non-hydrogen) atoms. The fourth-order valence-corrected chi connectivity index (χ4v) is 2.25. The highest BCUT2D eigenvalue weighted by Gasteiger charge is 2.57. The minimum atomic E-state index is -1.23. The Balaban J connectivity index is 2.35. The number of carboxylic acid groups (broad SMARTS) is 1. The molecule has 1 amide bonds. The van der Waals surface area contributed by atoms with Crippen LogP contribution in [-0.2, 0) is 9.59 Å². The Morgan fingerprint density at radius 2 is 2.38 bits per heavy atom. The van der Waals surface area contributed by atoms with Crippen molar-refractivity contribution in [3.63, 3.8) is 0 Å². The van der Waals surface area contributed by atoms with E-state index in [2.05, 4.69) is 0 Å². The maximum atomic E-state index is 13.0. The Hall–Kier alpha value is -1.13. The monoisotopic (exact) mass is 187 g/mol. The lowest BCUT2D eigenvalue weighted by Gasteiger charge is -2.26. The zero-order valence-corrected chi connectivity index (χ0v) is 6.99. The van der Waals surface area contributed by atoms with E-state index in [0.717, 1.165) is 0 Å². The van der Waals surface area contributed by atoms with Crippen LogP contribution < -0.4 is 0 Å². The molecule has 4 nitrogen and oxygen atoms in total. The minimum Gasteiger partial charge on any atom is -0.479 e. The molecule has 2 aliphatic rings. The average molecular weight is 187 g/mol. The summed E-state index contributed by atoms with van der Waals surface area (Å²) in [6, 6.07) is 0.